The van der Waals surface area contributed by atoms with Gasteiger partial charge in [-0.25, -0.2) is 4.98 Å². The Hall–Kier alpha value is -1.55. The summed E-state index contributed by atoms with van der Waals surface area (Å²) in [5.41, 5.74) is 1.02. The number of hydrogen-bond acceptors (Lipinski definition) is 3. The molecule has 2 aromatic heterocycles. The minimum Gasteiger partial charge on any atom is -0.367 e. The van der Waals surface area contributed by atoms with Crippen LogP contribution in [-0.2, 0) is 0 Å². The third-order valence-electron chi connectivity index (χ3n) is 4.37. The lowest BCUT2D eigenvalue weighted by Gasteiger charge is -2.22. The number of fused-ring (bicyclic) bond motifs is 2. The predicted octanol–water partition coefficient (Wildman–Crippen LogP) is 1.98. The normalized spacial score (nSPS) is 27.8. The molecule has 4 rings (SSSR count). The highest BCUT2D eigenvalue weighted by atomic mass is 15.3. The zero-order chi connectivity index (χ0) is 11.9. The van der Waals surface area contributed by atoms with Crippen molar-refractivity contribution in [1.82, 2.24) is 14.3 Å². The van der Waals surface area contributed by atoms with Gasteiger partial charge in [0.2, 0.25) is 0 Å². The fraction of sp³-hybridized carbons (Fsp3) is 0.500. The molecule has 2 saturated heterocycles. The molecule has 18 heavy (non-hydrogen) atoms. The number of anilines is 1. The Labute approximate surface area is 107 Å². The third-order valence-corrected chi connectivity index (χ3v) is 4.37. The summed E-state index contributed by atoms with van der Waals surface area (Å²) < 4.78 is 2.14. The summed E-state index contributed by atoms with van der Waals surface area (Å²) in [5.74, 6) is 1.17. The van der Waals surface area contributed by atoms with Gasteiger partial charge in [0.1, 0.15) is 11.5 Å². The van der Waals surface area contributed by atoms with Crippen molar-refractivity contribution in [1.29, 1.82) is 0 Å². The number of hydrogen-bond donors (Lipinski definition) is 1. The topological polar surface area (TPSA) is 32.6 Å². The second-order valence-corrected chi connectivity index (χ2v) is 5.35. The van der Waals surface area contributed by atoms with Crippen LogP contribution in [0.4, 0.5) is 5.82 Å². The van der Waals surface area contributed by atoms with E-state index in [2.05, 4.69) is 31.7 Å². The van der Waals surface area contributed by atoms with Gasteiger partial charge in [0.05, 0.1) is 0 Å². The average molecular weight is 242 g/mol. The Bertz CT molecular complexity index is 562. The zero-order valence-electron chi connectivity index (χ0n) is 10.4. The first-order valence-corrected chi connectivity index (χ1v) is 6.84. The molecule has 1 N–H and O–H groups in total. The van der Waals surface area contributed by atoms with Crippen molar-refractivity contribution in [2.45, 2.75) is 31.3 Å². The van der Waals surface area contributed by atoms with E-state index in [9.17, 15) is 0 Å². The zero-order valence-corrected chi connectivity index (χ0v) is 10.4. The van der Waals surface area contributed by atoms with Crippen LogP contribution in [0.2, 0.25) is 0 Å². The van der Waals surface area contributed by atoms with Crippen molar-refractivity contribution in [3.63, 3.8) is 0 Å². The molecule has 2 unspecified atom stereocenters. The largest absolute Gasteiger partial charge is 0.367 e. The standard InChI is InChI=1S/C14H18N4/c1-4-13-15-7-10-18(13)14(5-1)16-11-6-9-17-8-2-3-12(11)17/h1,4-5,7,10-12,16H,2-3,6,8-9H2. The molecule has 4 nitrogen and oxygen atoms in total. The number of aromatic nitrogens is 2. The molecule has 0 bridgehead atoms. The Morgan fingerprint density at radius 3 is 3.22 bits per heavy atom. The molecule has 2 aliphatic rings. The molecule has 94 valence electrons. The van der Waals surface area contributed by atoms with E-state index >= 15 is 0 Å². The molecule has 2 fully saturated rings. The van der Waals surface area contributed by atoms with Crippen LogP contribution in [0.3, 0.4) is 0 Å². The molecule has 2 aliphatic heterocycles. The number of imidazole rings is 1. The lowest BCUT2D eigenvalue weighted by molar-refractivity contribution is 0.318. The number of pyridine rings is 1. The first-order valence-electron chi connectivity index (χ1n) is 6.84. The van der Waals surface area contributed by atoms with Crippen molar-refractivity contribution in [2.24, 2.45) is 0 Å². The smallest absolute Gasteiger partial charge is 0.138 e. The van der Waals surface area contributed by atoms with Gasteiger partial charge in [-0.1, -0.05) is 6.07 Å². The minimum atomic E-state index is 0.598. The quantitative estimate of drug-likeness (QED) is 0.874. The van der Waals surface area contributed by atoms with Crippen molar-refractivity contribution >= 4 is 11.5 Å². The summed E-state index contributed by atoms with van der Waals surface area (Å²) in [6.07, 6.45) is 7.85. The van der Waals surface area contributed by atoms with E-state index in [1.54, 1.807) is 0 Å². The van der Waals surface area contributed by atoms with Crippen LogP contribution >= 0.6 is 0 Å². The molecule has 2 atom stereocenters. The van der Waals surface area contributed by atoms with E-state index in [1.807, 2.05) is 18.5 Å². The number of nitrogens with zero attached hydrogens (tertiary/aromatic N) is 3. The molecule has 0 aromatic carbocycles. The lowest BCUT2D eigenvalue weighted by atomic mass is 10.1. The van der Waals surface area contributed by atoms with Gasteiger partial charge in [-0.2, -0.15) is 0 Å². The van der Waals surface area contributed by atoms with Crippen LogP contribution in [0.5, 0.6) is 0 Å². The van der Waals surface area contributed by atoms with Crippen molar-refractivity contribution in [3.8, 4) is 0 Å². The molecule has 4 heteroatoms. The van der Waals surface area contributed by atoms with E-state index in [0.717, 1.165) is 11.7 Å². The van der Waals surface area contributed by atoms with Gasteiger partial charge in [-0.05, 0) is 37.9 Å². The van der Waals surface area contributed by atoms with E-state index < -0.39 is 0 Å². The van der Waals surface area contributed by atoms with Crippen molar-refractivity contribution in [2.75, 3.05) is 18.4 Å². The molecule has 2 aromatic rings. The maximum absolute atomic E-state index is 4.33. The fourth-order valence-electron chi connectivity index (χ4n) is 3.51. The second-order valence-electron chi connectivity index (χ2n) is 5.35. The van der Waals surface area contributed by atoms with Gasteiger partial charge in [0, 0.05) is 31.0 Å². The Balaban J connectivity index is 1.62. The van der Waals surface area contributed by atoms with Gasteiger partial charge in [0.15, 0.2) is 0 Å². The monoisotopic (exact) mass is 242 g/mol. The summed E-state index contributed by atoms with van der Waals surface area (Å²) in [6.45, 7) is 2.54. The molecular weight excluding hydrogens is 224 g/mol. The van der Waals surface area contributed by atoms with Crippen LogP contribution in [0.1, 0.15) is 19.3 Å². The summed E-state index contributed by atoms with van der Waals surface area (Å²) in [7, 11) is 0. The van der Waals surface area contributed by atoms with E-state index in [0.29, 0.717) is 6.04 Å². The molecule has 0 spiro atoms. The van der Waals surface area contributed by atoms with Crippen LogP contribution in [0, 0.1) is 0 Å². The molecule has 0 aliphatic carbocycles. The molecule has 0 saturated carbocycles. The van der Waals surface area contributed by atoms with Crippen LogP contribution in [0.25, 0.3) is 5.65 Å². The van der Waals surface area contributed by atoms with Crippen LogP contribution in [0.15, 0.2) is 30.6 Å². The average Bonchev–Trinajstić information content (AvgIpc) is 3.06. The van der Waals surface area contributed by atoms with Gasteiger partial charge >= 0.3 is 0 Å². The van der Waals surface area contributed by atoms with E-state index in [-0.39, 0.29) is 0 Å². The number of rotatable bonds is 2. The predicted molar refractivity (Wildman–Crippen MR) is 71.8 cm³/mol. The van der Waals surface area contributed by atoms with E-state index in [4.69, 9.17) is 0 Å². The van der Waals surface area contributed by atoms with Gasteiger partial charge < -0.3 is 5.32 Å². The maximum atomic E-state index is 4.33. The lowest BCUT2D eigenvalue weighted by Crippen LogP contribution is -2.34. The number of nitrogens with one attached hydrogen (secondary N) is 1. The molecular formula is C14H18N4. The maximum Gasteiger partial charge on any atom is 0.138 e. The minimum absolute atomic E-state index is 0.598. The van der Waals surface area contributed by atoms with Gasteiger partial charge in [-0.15, -0.1) is 0 Å². The summed E-state index contributed by atoms with van der Waals surface area (Å²) in [5, 5.41) is 3.72. The summed E-state index contributed by atoms with van der Waals surface area (Å²) in [6, 6.07) is 7.60. The first kappa shape index (κ1) is 10.4. The highest BCUT2D eigenvalue weighted by Crippen LogP contribution is 2.30. The Morgan fingerprint density at radius 1 is 1.22 bits per heavy atom. The van der Waals surface area contributed by atoms with Gasteiger partial charge in [-0.3, -0.25) is 9.30 Å². The summed E-state index contributed by atoms with van der Waals surface area (Å²) >= 11 is 0. The van der Waals surface area contributed by atoms with Gasteiger partial charge in [0.25, 0.3) is 0 Å². The van der Waals surface area contributed by atoms with E-state index in [1.165, 1.54) is 38.2 Å². The Morgan fingerprint density at radius 2 is 2.22 bits per heavy atom. The van der Waals surface area contributed by atoms with Crippen LogP contribution in [-0.4, -0.2) is 39.5 Å². The highest BCUT2D eigenvalue weighted by Gasteiger charge is 2.37. The second kappa shape index (κ2) is 3.99. The molecule has 4 heterocycles. The van der Waals surface area contributed by atoms with Crippen molar-refractivity contribution < 1.29 is 0 Å². The first-order chi connectivity index (χ1) is 8.92. The SMILES string of the molecule is c1cc(NC2CCN3CCCC23)n2ccnc2c1. The Kier molecular flexibility index (Phi) is 2.30. The van der Waals surface area contributed by atoms with Crippen LogP contribution < -0.4 is 5.32 Å². The molecule has 0 amide bonds. The fourth-order valence-corrected chi connectivity index (χ4v) is 3.51. The highest BCUT2D eigenvalue weighted by molar-refractivity contribution is 5.50. The van der Waals surface area contributed by atoms with Crippen molar-refractivity contribution in [3.05, 3.63) is 30.6 Å². The third kappa shape index (κ3) is 1.52. The molecule has 0 radical (unpaired) electrons. The summed E-state index contributed by atoms with van der Waals surface area (Å²) in [4.78, 5) is 6.96.